The summed E-state index contributed by atoms with van der Waals surface area (Å²) in [5.41, 5.74) is 2.87. The summed E-state index contributed by atoms with van der Waals surface area (Å²) in [5, 5.41) is 3.52. The minimum atomic E-state index is 0.714. The maximum absolute atomic E-state index is 5.02. The molecule has 1 N–H and O–H groups in total. The second-order valence-corrected chi connectivity index (χ2v) is 7.80. The molecule has 0 aromatic heterocycles. The van der Waals surface area contributed by atoms with E-state index >= 15 is 0 Å². The van der Waals surface area contributed by atoms with Crippen LogP contribution in [0.3, 0.4) is 0 Å². The van der Waals surface area contributed by atoms with Gasteiger partial charge in [-0.05, 0) is 57.2 Å². The molecule has 0 bridgehead atoms. The zero-order valence-corrected chi connectivity index (χ0v) is 17.2. The lowest BCUT2D eigenvalue weighted by Gasteiger charge is -2.33. The highest BCUT2D eigenvalue weighted by Gasteiger charge is 2.20. The van der Waals surface area contributed by atoms with E-state index in [-0.39, 0.29) is 0 Å². The van der Waals surface area contributed by atoms with Gasteiger partial charge < -0.3 is 15.1 Å². The largest absolute Gasteiger partial charge is 0.357 e. The monoisotopic (exact) mass is 368 g/mol. The van der Waals surface area contributed by atoms with E-state index in [1.54, 1.807) is 5.57 Å². The molecule has 3 rings (SSSR count). The first-order chi connectivity index (χ1) is 13.3. The molecular formula is C23H36N4. The summed E-state index contributed by atoms with van der Waals surface area (Å²) in [5.74, 6) is 1.83. The zero-order valence-electron chi connectivity index (χ0n) is 17.2. The molecule has 148 valence electrons. The van der Waals surface area contributed by atoms with Crippen molar-refractivity contribution in [1.82, 2.24) is 15.1 Å². The van der Waals surface area contributed by atoms with Crippen molar-refractivity contribution in [3.63, 3.8) is 0 Å². The van der Waals surface area contributed by atoms with Crippen molar-refractivity contribution in [2.45, 2.75) is 39.5 Å². The van der Waals surface area contributed by atoms with Crippen LogP contribution in [0.15, 0.2) is 40.9 Å². The summed E-state index contributed by atoms with van der Waals surface area (Å²) < 4.78 is 0. The van der Waals surface area contributed by atoms with Crippen LogP contribution < -0.4 is 5.32 Å². The van der Waals surface area contributed by atoms with Crippen LogP contribution in [-0.2, 0) is 0 Å². The van der Waals surface area contributed by atoms with Gasteiger partial charge in [-0.1, -0.05) is 48.9 Å². The molecule has 4 nitrogen and oxygen atoms in total. The van der Waals surface area contributed by atoms with E-state index < -0.39 is 0 Å². The minimum absolute atomic E-state index is 0.714. The predicted molar refractivity (Wildman–Crippen MR) is 116 cm³/mol. The van der Waals surface area contributed by atoms with Gasteiger partial charge in [0.1, 0.15) is 0 Å². The smallest absolute Gasteiger partial charge is 0.193 e. The van der Waals surface area contributed by atoms with Gasteiger partial charge in [0.05, 0.1) is 0 Å². The maximum atomic E-state index is 5.02. The third-order valence-corrected chi connectivity index (χ3v) is 5.76. The number of hydrogen-bond donors (Lipinski definition) is 1. The van der Waals surface area contributed by atoms with Crippen molar-refractivity contribution in [3.8, 4) is 0 Å². The molecule has 1 aromatic rings. The normalized spacial score (nSPS) is 22.0. The summed E-state index contributed by atoms with van der Waals surface area (Å²) in [6.07, 6.45) is 7.27. The van der Waals surface area contributed by atoms with E-state index in [4.69, 9.17) is 4.99 Å². The number of likely N-dealkylation sites (tertiary alicyclic amines) is 2. The van der Waals surface area contributed by atoms with Crippen LogP contribution in [0.5, 0.6) is 0 Å². The molecule has 0 radical (unpaired) electrons. The number of piperidine rings is 2. The lowest BCUT2D eigenvalue weighted by atomic mass is 9.98. The van der Waals surface area contributed by atoms with Crippen molar-refractivity contribution in [2.24, 2.45) is 10.9 Å². The van der Waals surface area contributed by atoms with Gasteiger partial charge in [-0.2, -0.15) is 0 Å². The highest BCUT2D eigenvalue weighted by molar-refractivity contribution is 5.80. The quantitative estimate of drug-likeness (QED) is 0.632. The van der Waals surface area contributed by atoms with Crippen LogP contribution in [0.4, 0.5) is 0 Å². The Morgan fingerprint density at radius 2 is 1.93 bits per heavy atom. The Kier molecular flexibility index (Phi) is 7.76. The molecule has 27 heavy (non-hydrogen) atoms. The molecule has 2 aliphatic heterocycles. The van der Waals surface area contributed by atoms with Gasteiger partial charge in [0.2, 0.25) is 0 Å². The number of hydrogen-bond acceptors (Lipinski definition) is 2. The number of rotatable bonds is 5. The van der Waals surface area contributed by atoms with Crippen LogP contribution in [0, 0.1) is 5.92 Å². The van der Waals surface area contributed by atoms with Gasteiger partial charge in [-0.3, -0.25) is 4.99 Å². The Hall–Kier alpha value is -1.81. The highest BCUT2D eigenvalue weighted by Crippen LogP contribution is 2.20. The molecule has 1 unspecified atom stereocenters. The predicted octanol–water partition coefficient (Wildman–Crippen LogP) is 3.86. The van der Waals surface area contributed by atoms with Crippen LogP contribution in [0.25, 0.3) is 6.08 Å². The third-order valence-electron chi connectivity index (χ3n) is 5.76. The maximum Gasteiger partial charge on any atom is 0.193 e. The molecule has 4 heteroatoms. The van der Waals surface area contributed by atoms with E-state index in [2.05, 4.69) is 65.4 Å². The number of guanidine groups is 1. The summed E-state index contributed by atoms with van der Waals surface area (Å²) in [6, 6.07) is 10.7. The van der Waals surface area contributed by atoms with Crippen molar-refractivity contribution in [1.29, 1.82) is 0 Å². The van der Waals surface area contributed by atoms with Gasteiger partial charge in [0.15, 0.2) is 5.96 Å². The van der Waals surface area contributed by atoms with E-state index in [1.165, 1.54) is 38.0 Å². The summed E-state index contributed by atoms with van der Waals surface area (Å²) in [6.45, 7) is 12.1. The van der Waals surface area contributed by atoms with Gasteiger partial charge in [-0.25, -0.2) is 0 Å². The molecule has 2 heterocycles. The first-order valence-electron chi connectivity index (χ1n) is 10.8. The summed E-state index contributed by atoms with van der Waals surface area (Å²) >= 11 is 0. The second-order valence-electron chi connectivity index (χ2n) is 7.80. The molecule has 2 fully saturated rings. The molecule has 1 aromatic carbocycles. The average Bonchev–Trinajstić information content (AvgIpc) is 2.73. The van der Waals surface area contributed by atoms with Crippen LogP contribution in [0.1, 0.15) is 45.1 Å². The van der Waals surface area contributed by atoms with Crippen LogP contribution in [-0.4, -0.2) is 61.6 Å². The molecule has 0 spiro atoms. The second kappa shape index (κ2) is 10.5. The topological polar surface area (TPSA) is 30.9 Å². The fourth-order valence-corrected chi connectivity index (χ4v) is 4.16. The van der Waals surface area contributed by atoms with Crippen LogP contribution in [0.2, 0.25) is 0 Å². The summed E-state index contributed by atoms with van der Waals surface area (Å²) in [7, 11) is 0. The highest BCUT2D eigenvalue weighted by atomic mass is 15.3. The Bertz CT molecular complexity index is 613. The first kappa shape index (κ1) is 19.9. The molecule has 1 atom stereocenters. The molecular weight excluding hydrogens is 332 g/mol. The average molecular weight is 369 g/mol. The van der Waals surface area contributed by atoms with Gasteiger partial charge in [-0.15, -0.1) is 0 Å². The number of aliphatic imine (C=N–C) groups is 1. The minimum Gasteiger partial charge on any atom is -0.357 e. The fourth-order valence-electron chi connectivity index (χ4n) is 4.16. The van der Waals surface area contributed by atoms with Crippen molar-refractivity contribution < 1.29 is 0 Å². The lowest BCUT2D eigenvalue weighted by molar-refractivity contribution is 0.186. The number of benzene rings is 1. The zero-order chi connectivity index (χ0) is 18.9. The van der Waals surface area contributed by atoms with E-state index in [0.717, 1.165) is 45.0 Å². The molecule has 2 saturated heterocycles. The number of nitrogens with zero attached hydrogens (tertiary/aromatic N) is 3. The van der Waals surface area contributed by atoms with E-state index in [9.17, 15) is 0 Å². The first-order valence-corrected chi connectivity index (χ1v) is 10.8. The van der Waals surface area contributed by atoms with Gasteiger partial charge in [0, 0.05) is 32.7 Å². The standard InChI is InChI=1S/C23H36N4/c1-3-24-23(25-18-22-11-8-14-26(4-2)19-22)27-15-12-21(13-16-27)17-20-9-6-5-7-10-20/h5-7,9-10,17,22H,3-4,8,11-16,18-19H2,1-2H3,(H,24,25). The van der Waals surface area contributed by atoms with Crippen molar-refractivity contribution in [3.05, 3.63) is 41.5 Å². The van der Waals surface area contributed by atoms with Crippen molar-refractivity contribution >= 4 is 12.0 Å². The Morgan fingerprint density at radius 1 is 1.15 bits per heavy atom. The lowest BCUT2D eigenvalue weighted by Crippen LogP contribution is -2.45. The molecule has 0 amide bonds. The van der Waals surface area contributed by atoms with Crippen LogP contribution >= 0.6 is 0 Å². The Morgan fingerprint density at radius 3 is 2.63 bits per heavy atom. The Labute approximate surface area is 165 Å². The molecule has 2 aliphatic rings. The van der Waals surface area contributed by atoms with Gasteiger partial charge >= 0.3 is 0 Å². The molecule has 0 aliphatic carbocycles. The van der Waals surface area contributed by atoms with Gasteiger partial charge in [0.25, 0.3) is 0 Å². The van der Waals surface area contributed by atoms with Crippen molar-refractivity contribution in [2.75, 3.05) is 45.8 Å². The number of nitrogens with one attached hydrogen (secondary N) is 1. The SMILES string of the molecule is CCNC(=NCC1CCCN(CC)C1)N1CCC(=Cc2ccccc2)CC1. The van der Waals surface area contributed by atoms with E-state index in [0.29, 0.717) is 5.92 Å². The summed E-state index contributed by atoms with van der Waals surface area (Å²) in [4.78, 5) is 10.0. The third kappa shape index (κ3) is 6.10. The fraction of sp³-hybridized carbons (Fsp3) is 0.609. The Balaban J connectivity index is 1.55. The molecule has 0 saturated carbocycles. The van der Waals surface area contributed by atoms with E-state index in [1.807, 2.05) is 0 Å².